The van der Waals surface area contributed by atoms with Gasteiger partial charge in [-0.2, -0.15) is 0 Å². The number of morpholine rings is 1. The molecule has 160 valence electrons. The quantitative estimate of drug-likeness (QED) is 0.647. The van der Waals surface area contributed by atoms with Crippen molar-refractivity contribution in [3.8, 4) is 0 Å². The van der Waals surface area contributed by atoms with E-state index < -0.39 is 0 Å². The average Bonchev–Trinajstić information content (AvgIpc) is 3.08. The number of ether oxygens (including phenoxy) is 1. The zero-order valence-corrected chi connectivity index (χ0v) is 16.8. The molecule has 0 aromatic carbocycles. The number of aromatic nitrogens is 1. The number of pyridine rings is 1. The molecule has 2 N–H and O–H groups in total. The van der Waals surface area contributed by atoms with Crippen LogP contribution in [-0.4, -0.2) is 90.2 Å². The summed E-state index contributed by atoms with van der Waals surface area (Å²) in [5.74, 6) is 0.227. The van der Waals surface area contributed by atoms with E-state index in [9.17, 15) is 9.59 Å². The highest BCUT2D eigenvalue weighted by molar-refractivity contribution is 5.78. The first-order valence-electron chi connectivity index (χ1n) is 9.86. The fraction of sp³-hybridized carbons (Fsp3) is 0.600. The molecular weight excluding hydrogens is 376 g/mol. The van der Waals surface area contributed by atoms with Crippen molar-refractivity contribution in [2.24, 2.45) is 0 Å². The van der Waals surface area contributed by atoms with Crippen molar-refractivity contribution in [1.29, 1.82) is 0 Å². The van der Waals surface area contributed by atoms with E-state index in [0.29, 0.717) is 45.7 Å². The molecule has 0 spiro atoms. The van der Waals surface area contributed by atoms with Crippen LogP contribution in [0.1, 0.15) is 24.8 Å². The maximum absolute atomic E-state index is 12.4. The Kier molecular flexibility index (Phi) is 9.52. The lowest BCUT2D eigenvalue weighted by Crippen LogP contribution is -2.45. The molecule has 1 aromatic rings. The van der Waals surface area contributed by atoms with Crippen LogP contribution in [0.2, 0.25) is 0 Å². The third-order valence-corrected chi connectivity index (χ3v) is 5.38. The normalized spacial score (nSPS) is 21.8. The number of nitrogens with one attached hydrogen (secondary N) is 1. The highest BCUT2D eigenvalue weighted by Gasteiger charge is 2.33. The smallest absolute Gasteiger partial charge is 0.290 e. The molecule has 1 aromatic heterocycles. The van der Waals surface area contributed by atoms with Crippen molar-refractivity contribution in [2.45, 2.75) is 37.8 Å². The monoisotopic (exact) mass is 406 g/mol. The van der Waals surface area contributed by atoms with E-state index in [1.807, 2.05) is 17.0 Å². The van der Waals surface area contributed by atoms with Crippen molar-refractivity contribution < 1.29 is 24.2 Å². The molecular formula is C20H30N4O5. The van der Waals surface area contributed by atoms with Gasteiger partial charge in [-0.05, 0) is 31.5 Å². The van der Waals surface area contributed by atoms with Gasteiger partial charge in [-0.1, -0.05) is 6.07 Å². The van der Waals surface area contributed by atoms with Crippen LogP contribution in [0.25, 0.3) is 0 Å². The van der Waals surface area contributed by atoms with Crippen LogP contribution in [0.15, 0.2) is 24.5 Å². The molecule has 0 saturated carbocycles. The minimum atomic E-state index is -0.250. The Labute approximate surface area is 171 Å². The van der Waals surface area contributed by atoms with Crippen LogP contribution in [0, 0.1) is 0 Å². The van der Waals surface area contributed by atoms with Gasteiger partial charge in [-0.25, -0.2) is 0 Å². The third kappa shape index (κ3) is 7.43. The molecule has 2 atom stereocenters. The van der Waals surface area contributed by atoms with Gasteiger partial charge in [-0.3, -0.25) is 24.3 Å². The topological polar surface area (TPSA) is 112 Å². The number of likely N-dealkylation sites (tertiary alicyclic amines) is 1. The van der Waals surface area contributed by atoms with E-state index >= 15 is 0 Å². The predicted octanol–water partition coefficient (Wildman–Crippen LogP) is 0.153. The molecule has 0 unspecified atom stereocenters. The maximum atomic E-state index is 12.4. The second kappa shape index (κ2) is 12.1. The Morgan fingerprint density at radius 3 is 2.66 bits per heavy atom. The molecule has 2 aliphatic rings. The number of carboxylic acid groups (broad SMARTS) is 1. The van der Waals surface area contributed by atoms with Gasteiger partial charge in [0.15, 0.2) is 0 Å². The number of carbonyl (C=O) groups excluding carboxylic acids is 2. The second-order valence-corrected chi connectivity index (χ2v) is 7.20. The van der Waals surface area contributed by atoms with E-state index in [1.54, 1.807) is 12.4 Å². The Hall–Kier alpha value is -2.52. The molecule has 29 heavy (non-hydrogen) atoms. The Bertz CT molecular complexity index is 652. The SMILES string of the molecule is CN1[C@@H](CC(=O)N2CCOCC2)CC[C@H]1CNC(=O)Cc1cccnc1.O=CO. The van der Waals surface area contributed by atoms with Crippen LogP contribution in [0.4, 0.5) is 0 Å². The number of carbonyl (C=O) groups is 3. The molecule has 2 fully saturated rings. The van der Waals surface area contributed by atoms with Gasteiger partial charge < -0.3 is 20.1 Å². The summed E-state index contributed by atoms with van der Waals surface area (Å²) in [6.07, 6.45) is 6.32. The molecule has 9 nitrogen and oxygen atoms in total. The van der Waals surface area contributed by atoms with Gasteiger partial charge in [0.1, 0.15) is 0 Å². The molecule has 0 aliphatic carbocycles. The third-order valence-electron chi connectivity index (χ3n) is 5.38. The zero-order valence-electron chi connectivity index (χ0n) is 16.8. The molecule has 9 heteroatoms. The summed E-state index contributed by atoms with van der Waals surface area (Å²) in [6.45, 7) is 3.04. The highest BCUT2D eigenvalue weighted by atomic mass is 16.5. The summed E-state index contributed by atoms with van der Waals surface area (Å²) in [7, 11) is 2.06. The molecule has 3 rings (SSSR count). The van der Waals surface area contributed by atoms with E-state index in [1.165, 1.54) is 0 Å². The van der Waals surface area contributed by atoms with Gasteiger partial charge in [-0.15, -0.1) is 0 Å². The molecule has 0 radical (unpaired) electrons. The van der Waals surface area contributed by atoms with Crippen molar-refractivity contribution in [1.82, 2.24) is 20.1 Å². The number of amides is 2. The summed E-state index contributed by atoms with van der Waals surface area (Å²) >= 11 is 0. The highest BCUT2D eigenvalue weighted by Crippen LogP contribution is 2.25. The van der Waals surface area contributed by atoms with E-state index in [-0.39, 0.29) is 30.4 Å². The van der Waals surface area contributed by atoms with Crippen LogP contribution in [-0.2, 0) is 25.5 Å². The Morgan fingerprint density at radius 2 is 2.00 bits per heavy atom. The Balaban J connectivity index is 0.000000941. The van der Waals surface area contributed by atoms with Crippen LogP contribution >= 0.6 is 0 Å². The lowest BCUT2D eigenvalue weighted by molar-refractivity contribution is -0.136. The fourth-order valence-corrected chi connectivity index (χ4v) is 3.71. The molecule has 2 amide bonds. The van der Waals surface area contributed by atoms with Crippen molar-refractivity contribution >= 4 is 18.3 Å². The van der Waals surface area contributed by atoms with Crippen molar-refractivity contribution in [3.05, 3.63) is 30.1 Å². The minimum absolute atomic E-state index is 0.0132. The molecule has 3 heterocycles. The standard InChI is InChI=1S/C19H28N4O3.CH2O2/c1-22-16(12-19(25)23-7-9-26-10-8-23)4-5-17(22)14-21-18(24)11-15-3-2-6-20-13-15;2-1-3/h2-3,6,13,16-17H,4-5,7-12,14H2,1H3,(H,21,24);1H,(H,2,3)/t16-,17+;/m1./s1. The van der Waals surface area contributed by atoms with Gasteiger partial charge >= 0.3 is 0 Å². The molecule has 2 saturated heterocycles. The van der Waals surface area contributed by atoms with E-state index in [4.69, 9.17) is 14.6 Å². The van der Waals surface area contributed by atoms with Gasteiger partial charge in [0.25, 0.3) is 6.47 Å². The number of likely N-dealkylation sites (N-methyl/N-ethyl adjacent to an activating group) is 1. The summed E-state index contributed by atoms with van der Waals surface area (Å²) in [6, 6.07) is 4.28. The van der Waals surface area contributed by atoms with Gasteiger partial charge in [0, 0.05) is 50.5 Å². The first kappa shape index (κ1) is 22.8. The van der Waals surface area contributed by atoms with E-state index in [2.05, 4.69) is 22.2 Å². The lowest BCUT2D eigenvalue weighted by atomic mass is 10.1. The average molecular weight is 406 g/mol. The van der Waals surface area contributed by atoms with E-state index in [0.717, 1.165) is 18.4 Å². The zero-order chi connectivity index (χ0) is 21.1. The maximum Gasteiger partial charge on any atom is 0.290 e. The summed E-state index contributed by atoms with van der Waals surface area (Å²) in [4.78, 5) is 41.1. The number of hydrogen-bond acceptors (Lipinski definition) is 6. The van der Waals surface area contributed by atoms with Crippen LogP contribution in [0.3, 0.4) is 0 Å². The Morgan fingerprint density at radius 1 is 1.31 bits per heavy atom. The minimum Gasteiger partial charge on any atom is -0.483 e. The number of nitrogens with zero attached hydrogens (tertiary/aromatic N) is 3. The first-order valence-corrected chi connectivity index (χ1v) is 9.86. The van der Waals surface area contributed by atoms with Crippen LogP contribution < -0.4 is 5.32 Å². The van der Waals surface area contributed by atoms with Crippen LogP contribution in [0.5, 0.6) is 0 Å². The second-order valence-electron chi connectivity index (χ2n) is 7.20. The van der Waals surface area contributed by atoms with Crippen molar-refractivity contribution in [3.63, 3.8) is 0 Å². The van der Waals surface area contributed by atoms with Crippen molar-refractivity contribution in [2.75, 3.05) is 39.9 Å². The molecule has 2 aliphatic heterocycles. The largest absolute Gasteiger partial charge is 0.483 e. The fourth-order valence-electron chi connectivity index (χ4n) is 3.71. The predicted molar refractivity (Wildman–Crippen MR) is 106 cm³/mol. The lowest BCUT2D eigenvalue weighted by Gasteiger charge is -2.30. The van der Waals surface area contributed by atoms with Gasteiger partial charge in [0.2, 0.25) is 11.8 Å². The van der Waals surface area contributed by atoms with Gasteiger partial charge in [0.05, 0.1) is 19.6 Å². The number of hydrogen-bond donors (Lipinski definition) is 2. The molecule has 0 bridgehead atoms. The first-order chi connectivity index (χ1) is 14.0. The summed E-state index contributed by atoms with van der Waals surface area (Å²) in [5, 5.41) is 9.91. The number of rotatable bonds is 6. The summed E-state index contributed by atoms with van der Waals surface area (Å²) in [5.41, 5.74) is 0.916. The summed E-state index contributed by atoms with van der Waals surface area (Å²) < 4.78 is 5.31.